The summed E-state index contributed by atoms with van der Waals surface area (Å²) in [5, 5.41) is 8.13. The van der Waals surface area contributed by atoms with E-state index in [0.29, 0.717) is 51.1 Å². The quantitative estimate of drug-likeness (QED) is 0.431. The fourth-order valence-corrected chi connectivity index (χ4v) is 5.63. The number of nitrogens with zero attached hydrogens (tertiary/aromatic N) is 2. The SMILES string of the molecule is C[C@@H]1NC(=O)C(C2CCOCC2)OC(=O)C(C)(C)/C=C/c2ccc3ccc(nc3c2)[C@@H](C)NC(=O)[C@@H]2CCCN(N2)C1=O. The Balaban J connectivity index is 1.49. The van der Waals surface area contributed by atoms with Crippen LogP contribution in [0.15, 0.2) is 36.4 Å². The highest BCUT2D eigenvalue weighted by atomic mass is 16.6. The molecule has 2 aromatic rings. The maximum absolute atomic E-state index is 13.6. The summed E-state index contributed by atoms with van der Waals surface area (Å²) < 4.78 is 11.4. The van der Waals surface area contributed by atoms with Crippen LogP contribution in [0.25, 0.3) is 17.0 Å². The van der Waals surface area contributed by atoms with Crippen molar-refractivity contribution in [2.75, 3.05) is 19.8 Å². The number of hydrogen-bond acceptors (Lipinski definition) is 8. The molecule has 11 heteroatoms. The highest BCUT2D eigenvalue weighted by Gasteiger charge is 2.39. The molecule has 0 aliphatic carbocycles. The van der Waals surface area contributed by atoms with Crippen LogP contribution in [0.2, 0.25) is 0 Å². The zero-order chi connectivity index (χ0) is 30.7. The lowest BCUT2D eigenvalue weighted by atomic mass is 9.90. The van der Waals surface area contributed by atoms with Crippen LogP contribution in [0.5, 0.6) is 0 Å². The Bertz CT molecular complexity index is 1420. The predicted molar refractivity (Wildman–Crippen MR) is 160 cm³/mol. The molecule has 5 rings (SSSR count). The summed E-state index contributed by atoms with van der Waals surface area (Å²) in [6.45, 7) is 8.26. The van der Waals surface area contributed by atoms with Gasteiger partial charge in [-0.3, -0.25) is 29.2 Å². The van der Waals surface area contributed by atoms with Crippen LogP contribution in [0, 0.1) is 11.3 Å². The smallest absolute Gasteiger partial charge is 0.316 e. The molecule has 3 N–H and O–H groups in total. The van der Waals surface area contributed by atoms with Crippen molar-refractivity contribution in [3.05, 3.63) is 47.7 Å². The zero-order valence-corrected chi connectivity index (χ0v) is 25.2. The van der Waals surface area contributed by atoms with Crippen LogP contribution in [0.4, 0.5) is 0 Å². The van der Waals surface area contributed by atoms with Gasteiger partial charge in [0.2, 0.25) is 5.91 Å². The minimum atomic E-state index is -1.08. The monoisotopic (exact) mass is 591 g/mol. The van der Waals surface area contributed by atoms with Crippen molar-refractivity contribution >= 4 is 40.7 Å². The predicted octanol–water partition coefficient (Wildman–Crippen LogP) is 2.80. The average molecular weight is 592 g/mol. The number of carbonyl (C=O) groups excluding carboxylic acids is 4. The Hall–Kier alpha value is -3.83. The lowest BCUT2D eigenvalue weighted by Gasteiger charge is -2.36. The summed E-state index contributed by atoms with van der Waals surface area (Å²) in [6.07, 6.45) is 4.81. The van der Waals surface area contributed by atoms with Gasteiger partial charge in [-0.1, -0.05) is 30.4 Å². The van der Waals surface area contributed by atoms with E-state index in [1.807, 2.05) is 43.3 Å². The molecule has 0 radical (unpaired) electrons. The second-order valence-electron chi connectivity index (χ2n) is 12.3. The molecule has 1 aromatic carbocycles. The van der Waals surface area contributed by atoms with Crippen molar-refractivity contribution in [2.45, 2.75) is 77.6 Å². The molecule has 4 heterocycles. The van der Waals surface area contributed by atoms with Gasteiger partial charge in [0.25, 0.3) is 11.8 Å². The average Bonchev–Trinajstić information content (AvgIpc) is 3.01. The Morgan fingerprint density at radius 2 is 1.65 bits per heavy atom. The first-order valence-corrected chi connectivity index (χ1v) is 15.1. The van der Waals surface area contributed by atoms with Crippen molar-refractivity contribution in [3.63, 3.8) is 0 Å². The lowest BCUT2D eigenvalue weighted by Crippen LogP contribution is -2.61. The molecule has 11 nitrogen and oxygen atoms in total. The normalized spacial score (nSPS) is 28.6. The van der Waals surface area contributed by atoms with Crippen LogP contribution < -0.4 is 16.1 Å². The van der Waals surface area contributed by atoms with E-state index in [-0.39, 0.29) is 23.8 Å². The van der Waals surface area contributed by atoms with Crippen LogP contribution in [-0.4, -0.2) is 71.6 Å². The number of ether oxygens (including phenoxy) is 2. The van der Waals surface area contributed by atoms with Crippen molar-refractivity contribution in [2.24, 2.45) is 11.3 Å². The summed E-state index contributed by atoms with van der Waals surface area (Å²) >= 11 is 0. The Kier molecular flexibility index (Phi) is 9.12. The topological polar surface area (TPSA) is 139 Å². The van der Waals surface area contributed by atoms with Crippen molar-refractivity contribution in [3.8, 4) is 0 Å². The van der Waals surface area contributed by atoms with Crippen LogP contribution >= 0.6 is 0 Å². The number of hydrazine groups is 1. The molecule has 3 amide bonds. The molecule has 230 valence electrons. The van der Waals surface area contributed by atoms with E-state index in [4.69, 9.17) is 14.5 Å². The lowest BCUT2D eigenvalue weighted by molar-refractivity contribution is -0.168. The Morgan fingerprint density at radius 3 is 2.42 bits per heavy atom. The first kappa shape index (κ1) is 30.6. The van der Waals surface area contributed by atoms with Gasteiger partial charge in [-0.25, -0.2) is 5.43 Å². The van der Waals surface area contributed by atoms with Gasteiger partial charge in [-0.05, 0) is 71.1 Å². The zero-order valence-electron chi connectivity index (χ0n) is 25.2. The molecular weight excluding hydrogens is 550 g/mol. The second-order valence-corrected chi connectivity index (χ2v) is 12.3. The molecule has 43 heavy (non-hydrogen) atoms. The molecular formula is C32H41N5O6. The molecule has 2 fully saturated rings. The standard InChI is InChI=1S/C32H41N5O6/c1-19-24-10-9-22-8-7-21(18-26(22)35-24)11-14-32(3,4)31(41)43-27(23-12-16-42-17-13-23)29(39)34-20(2)30(40)37-15-5-6-25(36-37)28(38)33-19/h7-11,14,18-20,23,25,27,36H,5-6,12-13,15-17H2,1-4H3,(H,33,38)(H,34,39)/b14-11+/t19-,20+,25+,27?/m1/s1. The van der Waals surface area contributed by atoms with E-state index in [9.17, 15) is 19.2 Å². The van der Waals surface area contributed by atoms with E-state index in [0.717, 1.165) is 16.5 Å². The van der Waals surface area contributed by atoms with Gasteiger partial charge in [0, 0.05) is 31.1 Å². The van der Waals surface area contributed by atoms with E-state index in [1.54, 1.807) is 26.8 Å². The minimum Gasteiger partial charge on any atom is -0.451 e. The third-order valence-corrected chi connectivity index (χ3v) is 8.44. The summed E-state index contributed by atoms with van der Waals surface area (Å²) in [6, 6.07) is 7.79. The molecule has 1 unspecified atom stereocenters. The van der Waals surface area contributed by atoms with Gasteiger partial charge >= 0.3 is 5.97 Å². The number of rotatable bonds is 1. The van der Waals surface area contributed by atoms with E-state index >= 15 is 0 Å². The molecule has 0 spiro atoms. The molecule has 0 saturated carbocycles. The first-order valence-electron chi connectivity index (χ1n) is 15.1. The Morgan fingerprint density at radius 1 is 0.930 bits per heavy atom. The highest BCUT2D eigenvalue weighted by Crippen LogP contribution is 2.28. The van der Waals surface area contributed by atoms with Gasteiger partial charge in [0.15, 0.2) is 6.10 Å². The summed E-state index contributed by atoms with van der Waals surface area (Å²) in [7, 11) is 0. The maximum atomic E-state index is 13.6. The minimum absolute atomic E-state index is 0.236. The second kappa shape index (κ2) is 12.8. The third kappa shape index (κ3) is 7.05. The van der Waals surface area contributed by atoms with Crippen molar-refractivity contribution in [1.82, 2.24) is 26.1 Å². The molecule has 5 bridgehead atoms. The Labute approximate surface area is 251 Å². The summed E-state index contributed by atoms with van der Waals surface area (Å²) in [5.41, 5.74) is 4.31. The van der Waals surface area contributed by atoms with Gasteiger partial charge < -0.3 is 20.1 Å². The molecule has 4 atom stereocenters. The number of amides is 3. The molecule has 3 aliphatic rings. The first-order chi connectivity index (χ1) is 20.5. The molecule has 2 saturated heterocycles. The van der Waals surface area contributed by atoms with Crippen LogP contribution in [0.1, 0.15) is 70.7 Å². The van der Waals surface area contributed by atoms with Crippen LogP contribution in [0.3, 0.4) is 0 Å². The number of esters is 1. The van der Waals surface area contributed by atoms with Gasteiger partial charge in [-0.2, -0.15) is 0 Å². The number of carbonyl (C=O) groups is 4. The largest absolute Gasteiger partial charge is 0.451 e. The van der Waals surface area contributed by atoms with Crippen LogP contribution in [-0.2, 0) is 28.7 Å². The van der Waals surface area contributed by atoms with Crippen molar-refractivity contribution in [1.29, 1.82) is 0 Å². The number of pyridine rings is 1. The molecule has 3 aliphatic heterocycles. The van der Waals surface area contributed by atoms with E-state index < -0.39 is 35.5 Å². The fraction of sp³-hybridized carbons (Fsp3) is 0.531. The summed E-state index contributed by atoms with van der Waals surface area (Å²) in [5.74, 6) is -1.93. The van der Waals surface area contributed by atoms with Gasteiger partial charge in [-0.15, -0.1) is 0 Å². The maximum Gasteiger partial charge on any atom is 0.316 e. The fourth-order valence-electron chi connectivity index (χ4n) is 5.63. The number of fused-ring (bicyclic) bond motifs is 4. The summed E-state index contributed by atoms with van der Waals surface area (Å²) in [4.78, 5) is 58.5. The van der Waals surface area contributed by atoms with E-state index in [1.165, 1.54) is 5.01 Å². The number of nitrogens with one attached hydrogen (secondary N) is 3. The van der Waals surface area contributed by atoms with E-state index in [2.05, 4.69) is 16.1 Å². The highest BCUT2D eigenvalue weighted by molar-refractivity contribution is 5.91. The molecule has 1 aromatic heterocycles. The van der Waals surface area contributed by atoms with Gasteiger partial charge in [0.05, 0.1) is 22.7 Å². The number of hydrogen-bond donors (Lipinski definition) is 3. The number of benzene rings is 1. The number of aromatic nitrogens is 1. The van der Waals surface area contributed by atoms with Crippen molar-refractivity contribution < 1.29 is 28.7 Å². The number of cyclic esters (lactones) is 1. The third-order valence-electron chi connectivity index (χ3n) is 8.44. The van der Waals surface area contributed by atoms with Gasteiger partial charge in [0.1, 0.15) is 12.1 Å².